The number of hydrogen-bond donors (Lipinski definition) is 2. The fraction of sp³-hybridized carbons (Fsp3) is 0.429. The standard InChI is InChI=1S/C14H16ClN3O2S.ClH/c1-8-4-5-16-7-10(8)17-14(19)9-6-11(20-18-9)12-2-3-13(15)21-12;/h2-3,6,8,10,16H,4-5,7H2,1H3,(H,17,19);1H. The molecule has 120 valence electrons. The van der Waals surface area contributed by atoms with Gasteiger partial charge >= 0.3 is 0 Å². The highest BCUT2D eigenvalue weighted by atomic mass is 35.5. The summed E-state index contributed by atoms with van der Waals surface area (Å²) >= 11 is 7.29. The van der Waals surface area contributed by atoms with Crippen LogP contribution in [0.5, 0.6) is 0 Å². The zero-order valence-electron chi connectivity index (χ0n) is 12.0. The van der Waals surface area contributed by atoms with Crippen LogP contribution in [-0.2, 0) is 0 Å². The first-order valence-corrected chi connectivity index (χ1v) is 8.07. The Morgan fingerprint density at radius 2 is 2.36 bits per heavy atom. The van der Waals surface area contributed by atoms with Gasteiger partial charge in [0, 0.05) is 18.7 Å². The first-order chi connectivity index (χ1) is 10.1. The van der Waals surface area contributed by atoms with Crippen molar-refractivity contribution in [3.8, 4) is 10.6 Å². The average Bonchev–Trinajstić information content (AvgIpc) is 3.10. The summed E-state index contributed by atoms with van der Waals surface area (Å²) in [6, 6.07) is 5.42. The van der Waals surface area contributed by atoms with Gasteiger partial charge in [0.2, 0.25) is 0 Å². The summed E-state index contributed by atoms with van der Waals surface area (Å²) in [6.07, 6.45) is 1.06. The Labute approximate surface area is 143 Å². The number of piperidine rings is 1. The van der Waals surface area contributed by atoms with Crippen molar-refractivity contribution in [1.29, 1.82) is 0 Å². The van der Waals surface area contributed by atoms with Crippen molar-refractivity contribution in [1.82, 2.24) is 15.8 Å². The van der Waals surface area contributed by atoms with Gasteiger partial charge in [0.15, 0.2) is 11.5 Å². The second-order valence-electron chi connectivity index (χ2n) is 5.23. The molecule has 3 rings (SSSR count). The highest BCUT2D eigenvalue weighted by Crippen LogP contribution is 2.31. The average molecular weight is 362 g/mol. The normalized spacial score (nSPS) is 21.2. The van der Waals surface area contributed by atoms with Crippen molar-refractivity contribution in [3.63, 3.8) is 0 Å². The summed E-state index contributed by atoms with van der Waals surface area (Å²) in [7, 11) is 0. The third kappa shape index (κ3) is 3.81. The number of hydrogen-bond acceptors (Lipinski definition) is 5. The molecule has 0 aromatic carbocycles. The topological polar surface area (TPSA) is 67.2 Å². The smallest absolute Gasteiger partial charge is 0.273 e. The summed E-state index contributed by atoms with van der Waals surface area (Å²) in [4.78, 5) is 13.1. The Kier molecular flexibility index (Phi) is 5.86. The molecule has 2 unspecified atom stereocenters. The molecule has 1 aliphatic rings. The number of aromatic nitrogens is 1. The molecule has 1 fully saturated rings. The monoisotopic (exact) mass is 361 g/mol. The van der Waals surface area contributed by atoms with Crippen molar-refractivity contribution < 1.29 is 9.32 Å². The number of amides is 1. The lowest BCUT2D eigenvalue weighted by molar-refractivity contribution is 0.0906. The maximum Gasteiger partial charge on any atom is 0.273 e. The predicted octanol–water partition coefficient (Wildman–Crippen LogP) is 3.21. The van der Waals surface area contributed by atoms with E-state index in [1.807, 2.05) is 6.07 Å². The number of nitrogens with one attached hydrogen (secondary N) is 2. The molecule has 2 atom stereocenters. The van der Waals surface area contributed by atoms with Crippen LogP contribution >= 0.6 is 35.3 Å². The minimum atomic E-state index is -0.201. The summed E-state index contributed by atoms with van der Waals surface area (Å²) in [6.45, 7) is 3.94. The molecule has 22 heavy (non-hydrogen) atoms. The maximum atomic E-state index is 12.2. The largest absolute Gasteiger partial charge is 0.355 e. The summed E-state index contributed by atoms with van der Waals surface area (Å²) in [5, 5.41) is 10.1. The van der Waals surface area contributed by atoms with Crippen LogP contribution in [0, 0.1) is 5.92 Å². The van der Waals surface area contributed by atoms with E-state index in [1.54, 1.807) is 12.1 Å². The Hall–Kier alpha value is -1.08. The minimum absolute atomic E-state index is 0. The van der Waals surface area contributed by atoms with Crippen molar-refractivity contribution in [3.05, 3.63) is 28.2 Å². The van der Waals surface area contributed by atoms with Gasteiger partial charge in [0.05, 0.1) is 9.21 Å². The van der Waals surface area contributed by atoms with E-state index >= 15 is 0 Å². The third-order valence-corrected chi connectivity index (χ3v) is 4.95. The van der Waals surface area contributed by atoms with E-state index in [-0.39, 0.29) is 24.4 Å². The van der Waals surface area contributed by atoms with Crippen LogP contribution in [0.1, 0.15) is 23.8 Å². The Morgan fingerprint density at radius 1 is 1.55 bits per heavy atom. The number of carbonyl (C=O) groups excluding carboxylic acids is 1. The zero-order valence-corrected chi connectivity index (χ0v) is 14.4. The zero-order chi connectivity index (χ0) is 14.8. The summed E-state index contributed by atoms with van der Waals surface area (Å²) in [5.41, 5.74) is 0.298. The van der Waals surface area contributed by atoms with Gasteiger partial charge in [-0.3, -0.25) is 4.79 Å². The Bertz CT molecular complexity index is 644. The number of rotatable bonds is 3. The summed E-state index contributed by atoms with van der Waals surface area (Å²) < 4.78 is 5.90. The van der Waals surface area contributed by atoms with E-state index in [0.29, 0.717) is 21.7 Å². The second-order valence-corrected chi connectivity index (χ2v) is 6.95. The van der Waals surface area contributed by atoms with Crippen LogP contribution in [0.15, 0.2) is 22.7 Å². The molecule has 0 aliphatic carbocycles. The van der Waals surface area contributed by atoms with Crippen molar-refractivity contribution in [2.24, 2.45) is 5.92 Å². The van der Waals surface area contributed by atoms with Gasteiger partial charge in [0.1, 0.15) is 0 Å². The molecule has 1 aliphatic heterocycles. The lowest BCUT2D eigenvalue weighted by Gasteiger charge is -2.29. The van der Waals surface area contributed by atoms with Gasteiger partial charge in [-0.1, -0.05) is 23.7 Å². The van der Waals surface area contributed by atoms with Crippen LogP contribution in [0.3, 0.4) is 0 Å². The molecule has 2 aromatic heterocycles. The highest BCUT2D eigenvalue weighted by Gasteiger charge is 2.24. The Balaban J connectivity index is 0.00000176. The van der Waals surface area contributed by atoms with Gasteiger partial charge in [0.25, 0.3) is 5.91 Å². The Morgan fingerprint density at radius 3 is 3.05 bits per heavy atom. The number of halogens is 2. The van der Waals surface area contributed by atoms with Gasteiger partial charge in [-0.05, 0) is 31.0 Å². The molecule has 0 saturated carbocycles. The lowest BCUT2D eigenvalue weighted by atomic mass is 9.95. The van der Waals surface area contributed by atoms with Gasteiger partial charge in [-0.15, -0.1) is 23.7 Å². The van der Waals surface area contributed by atoms with Crippen LogP contribution in [0.2, 0.25) is 4.34 Å². The van der Waals surface area contributed by atoms with E-state index in [0.717, 1.165) is 24.4 Å². The lowest BCUT2D eigenvalue weighted by Crippen LogP contribution is -2.50. The summed E-state index contributed by atoms with van der Waals surface area (Å²) in [5.74, 6) is 0.817. The predicted molar refractivity (Wildman–Crippen MR) is 90.0 cm³/mol. The van der Waals surface area contributed by atoms with Gasteiger partial charge in [-0.2, -0.15) is 0 Å². The molecule has 2 aromatic rings. The molecule has 5 nitrogen and oxygen atoms in total. The first kappa shape index (κ1) is 17.3. The fourth-order valence-electron chi connectivity index (χ4n) is 2.37. The van der Waals surface area contributed by atoms with Crippen molar-refractivity contribution in [2.45, 2.75) is 19.4 Å². The SMILES string of the molecule is CC1CCNCC1NC(=O)c1cc(-c2ccc(Cl)s2)on1.Cl. The molecule has 0 bridgehead atoms. The minimum Gasteiger partial charge on any atom is -0.355 e. The molecular formula is C14H17Cl2N3O2S. The van der Waals surface area contributed by atoms with Crippen molar-refractivity contribution >= 4 is 41.3 Å². The van der Waals surface area contributed by atoms with Gasteiger partial charge in [-0.25, -0.2) is 0 Å². The molecule has 3 heterocycles. The third-order valence-electron chi connectivity index (χ3n) is 3.70. The number of thiophene rings is 1. The van der Waals surface area contributed by atoms with Crippen LogP contribution in [-0.4, -0.2) is 30.2 Å². The second kappa shape index (κ2) is 7.46. The molecule has 1 amide bonds. The van der Waals surface area contributed by atoms with Crippen molar-refractivity contribution in [2.75, 3.05) is 13.1 Å². The molecule has 1 saturated heterocycles. The highest BCUT2D eigenvalue weighted by molar-refractivity contribution is 7.19. The van der Waals surface area contributed by atoms with E-state index in [4.69, 9.17) is 16.1 Å². The van der Waals surface area contributed by atoms with E-state index < -0.39 is 0 Å². The number of nitrogens with zero attached hydrogens (tertiary/aromatic N) is 1. The van der Waals surface area contributed by atoms with Crippen LogP contribution < -0.4 is 10.6 Å². The molecule has 8 heteroatoms. The molecule has 0 spiro atoms. The fourth-order valence-corrected chi connectivity index (χ4v) is 3.36. The van der Waals surface area contributed by atoms with E-state index in [9.17, 15) is 4.79 Å². The maximum absolute atomic E-state index is 12.2. The quantitative estimate of drug-likeness (QED) is 0.880. The molecular weight excluding hydrogens is 345 g/mol. The number of carbonyl (C=O) groups is 1. The van der Waals surface area contributed by atoms with Crippen LogP contribution in [0.4, 0.5) is 0 Å². The molecule has 2 N–H and O–H groups in total. The van der Waals surface area contributed by atoms with E-state index in [1.165, 1.54) is 11.3 Å². The first-order valence-electron chi connectivity index (χ1n) is 6.87. The van der Waals surface area contributed by atoms with E-state index in [2.05, 4.69) is 22.7 Å². The molecule has 0 radical (unpaired) electrons. The van der Waals surface area contributed by atoms with Gasteiger partial charge < -0.3 is 15.2 Å². The van der Waals surface area contributed by atoms with Crippen LogP contribution in [0.25, 0.3) is 10.6 Å².